The van der Waals surface area contributed by atoms with Crippen molar-refractivity contribution >= 4 is 11.5 Å². The Hall–Kier alpha value is -3.04. The van der Waals surface area contributed by atoms with Crippen molar-refractivity contribution < 1.29 is 31.9 Å². The van der Waals surface area contributed by atoms with Crippen molar-refractivity contribution in [2.75, 3.05) is 31.1 Å². The fourth-order valence-corrected chi connectivity index (χ4v) is 9.63. The summed E-state index contributed by atoms with van der Waals surface area (Å²) in [7, 11) is 0. The molecule has 7 rings (SSSR count). The van der Waals surface area contributed by atoms with Crippen molar-refractivity contribution in [1.29, 1.82) is 0 Å². The van der Waals surface area contributed by atoms with Crippen LogP contribution in [0.1, 0.15) is 68.9 Å². The summed E-state index contributed by atoms with van der Waals surface area (Å²) in [6.45, 7) is 5.90. The van der Waals surface area contributed by atoms with E-state index in [-0.39, 0.29) is 24.5 Å². The molecule has 9 heteroatoms. The maximum atomic E-state index is 15.3. The predicted octanol–water partition coefficient (Wildman–Crippen LogP) is 7.84. The first-order valence-electron chi connectivity index (χ1n) is 16.6. The number of anilines is 1. The summed E-state index contributed by atoms with van der Waals surface area (Å²) in [4.78, 5) is 17.1. The van der Waals surface area contributed by atoms with Crippen LogP contribution >= 0.6 is 0 Å². The van der Waals surface area contributed by atoms with Crippen molar-refractivity contribution in [3.63, 3.8) is 0 Å². The van der Waals surface area contributed by atoms with Gasteiger partial charge >= 0.3 is 12.1 Å². The molecule has 246 valence electrons. The Morgan fingerprint density at radius 2 is 1.59 bits per heavy atom. The lowest BCUT2D eigenvalue weighted by Crippen LogP contribution is -2.65. The maximum absolute atomic E-state index is 15.3. The van der Waals surface area contributed by atoms with E-state index >= 15 is 8.78 Å². The van der Waals surface area contributed by atoms with Gasteiger partial charge in [-0.05, 0) is 90.8 Å². The van der Waals surface area contributed by atoms with Crippen molar-refractivity contribution in [1.82, 2.24) is 4.90 Å². The minimum absolute atomic E-state index is 0.00279. The first-order chi connectivity index (χ1) is 21.8. The third kappa shape index (κ3) is 4.95. The van der Waals surface area contributed by atoms with Gasteiger partial charge < -0.3 is 10.0 Å². The van der Waals surface area contributed by atoms with Crippen LogP contribution in [-0.4, -0.2) is 59.7 Å². The molecule has 4 nitrogen and oxygen atoms in total. The second-order valence-electron chi connectivity index (χ2n) is 14.3. The molecule has 4 aliphatic carbocycles. The quantitative estimate of drug-likeness (QED) is 0.339. The van der Waals surface area contributed by atoms with Crippen LogP contribution in [0.15, 0.2) is 77.4 Å². The number of allylic oxidation sites excluding steroid dienone is 4. The van der Waals surface area contributed by atoms with E-state index in [2.05, 4.69) is 21.9 Å². The molecule has 0 bridgehead atoms. The number of hydrogen-bond acceptors (Lipinski definition) is 4. The fraction of sp³-hybridized carbons (Fsp3) is 0.541. The van der Waals surface area contributed by atoms with Gasteiger partial charge in [0.25, 0.3) is 0 Å². The highest BCUT2D eigenvalue weighted by molar-refractivity contribution is 5.93. The van der Waals surface area contributed by atoms with Crippen molar-refractivity contribution in [3.05, 3.63) is 88.5 Å². The number of alkyl halides is 5. The molecule has 5 aliphatic rings. The zero-order valence-electron chi connectivity index (χ0n) is 26.1. The number of rotatable bonds is 5. The standard InChI is InChI=1S/C37H41F5N2O2/c1-34-22-31(25-9-7-24(8-10-25)23-43-17-19-44(20-18-43)27-5-3-2-4-6-27)33-29-14-12-28(45)21-26(29)11-13-30(33)32(34)15-16-35(34,46)36(38,39)37(40,41)42/h2-10,21,30-32,46H,11-20,22-23H2,1H3/t30-,31+,32-,34-,35-/m0/s1. The number of carbonyl (C=O) groups excluding carboxylic acids is 1. The number of hydrogen-bond donors (Lipinski definition) is 1. The number of fused-ring (bicyclic) bond motifs is 4. The van der Waals surface area contributed by atoms with E-state index in [1.165, 1.54) is 12.6 Å². The molecule has 1 N–H and O–H groups in total. The first kappa shape index (κ1) is 31.6. The number of carbonyl (C=O) groups is 1. The van der Waals surface area contributed by atoms with Crippen molar-refractivity contribution in [2.45, 2.75) is 82.0 Å². The minimum Gasteiger partial charge on any atom is -0.383 e. The third-order valence-corrected chi connectivity index (χ3v) is 12.0. The van der Waals surface area contributed by atoms with E-state index in [0.29, 0.717) is 25.7 Å². The third-order valence-electron chi connectivity index (χ3n) is 12.0. The average molecular weight is 641 g/mol. The highest BCUT2D eigenvalue weighted by Gasteiger charge is 2.79. The largest absolute Gasteiger partial charge is 0.456 e. The molecule has 0 spiro atoms. The molecule has 1 saturated heterocycles. The summed E-state index contributed by atoms with van der Waals surface area (Å²) in [5, 5.41) is 11.5. The maximum Gasteiger partial charge on any atom is 0.456 e. The number of para-hydroxylation sites is 1. The number of halogens is 5. The zero-order valence-corrected chi connectivity index (χ0v) is 26.1. The monoisotopic (exact) mass is 640 g/mol. The summed E-state index contributed by atoms with van der Waals surface area (Å²) in [6, 6.07) is 18.4. The van der Waals surface area contributed by atoms with Crippen LogP contribution in [-0.2, 0) is 11.3 Å². The SMILES string of the molecule is C[C@]12C[C@H](c3ccc(CN4CCN(c5ccccc5)CC4)cc3)C3=C4CCC(=O)C=C4CC[C@H]3[C@@H]1CC[C@@]2(O)C(F)(F)C(F)(F)F. The van der Waals surface area contributed by atoms with E-state index in [9.17, 15) is 23.1 Å². The summed E-state index contributed by atoms with van der Waals surface area (Å²) in [5.41, 5.74) is 1.52. The van der Waals surface area contributed by atoms with E-state index in [0.717, 1.165) is 60.6 Å². The van der Waals surface area contributed by atoms with Crippen LogP contribution in [0.25, 0.3) is 0 Å². The summed E-state index contributed by atoms with van der Waals surface area (Å²) in [6.07, 6.45) is -2.52. The first-order valence-corrected chi connectivity index (χ1v) is 16.6. The second-order valence-corrected chi connectivity index (χ2v) is 14.3. The zero-order chi connectivity index (χ0) is 32.5. The fourth-order valence-electron chi connectivity index (χ4n) is 9.63. The van der Waals surface area contributed by atoms with E-state index in [1.54, 1.807) is 6.08 Å². The van der Waals surface area contributed by atoms with Crippen molar-refractivity contribution in [3.8, 4) is 0 Å². The number of ketones is 1. The van der Waals surface area contributed by atoms with E-state index in [1.807, 2.05) is 42.5 Å². The summed E-state index contributed by atoms with van der Waals surface area (Å²) in [5.74, 6) is -6.30. The van der Waals surface area contributed by atoms with Gasteiger partial charge in [0.1, 0.15) is 5.60 Å². The van der Waals surface area contributed by atoms with E-state index < -0.39 is 41.4 Å². The Balaban J connectivity index is 1.19. The Kier molecular flexibility index (Phi) is 7.75. The lowest BCUT2D eigenvalue weighted by molar-refractivity contribution is -0.362. The topological polar surface area (TPSA) is 43.8 Å². The lowest BCUT2D eigenvalue weighted by Gasteiger charge is -2.56. The summed E-state index contributed by atoms with van der Waals surface area (Å²) < 4.78 is 72.1. The average Bonchev–Trinajstić information content (AvgIpc) is 3.32. The predicted molar refractivity (Wildman–Crippen MR) is 167 cm³/mol. The Morgan fingerprint density at radius 3 is 2.26 bits per heavy atom. The van der Waals surface area contributed by atoms with Crippen LogP contribution in [0.3, 0.4) is 0 Å². The number of piperazine rings is 1. The number of aliphatic hydroxyl groups is 1. The molecule has 0 amide bonds. The molecule has 5 atom stereocenters. The van der Waals surface area contributed by atoms with Crippen LogP contribution in [0, 0.1) is 17.3 Å². The normalized spacial score (nSPS) is 32.2. The van der Waals surface area contributed by atoms with Gasteiger partial charge in [-0.15, -0.1) is 0 Å². The van der Waals surface area contributed by atoms with Gasteiger partial charge in [0.15, 0.2) is 5.78 Å². The van der Waals surface area contributed by atoms with Gasteiger partial charge in [-0.3, -0.25) is 9.69 Å². The molecule has 0 unspecified atom stereocenters. The van der Waals surface area contributed by atoms with E-state index in [4.69, 9.17) is 0 Å². The number of benzene rings is 2. The molecule has 2 saturated carbocycles. The molecule has 0 aromatic heterocycles. The highest BCUT2D eigenvalue weighted by atomic mass is 19.4. The van der Waals surface area contributed by atoms with Crippen LogP contribution in [0.2, 0.25) is 0 Å². The Labute approximate surface area is 267 Å². The minimum atomic E-state index is -5.85. The van der Waals surface area contributed by atoms with Crippen LogP contribution in [0.4, 0.5) is 27.6 Å². The Morgan fingerprint density at radius 1 is 0.891 bits per heavy atom. The van der Waals surface area contributed by atoms with Gasteiger partial charge in [0, 0.05) is 56.2 Å². The van der Waals surface area contributed by atoms with Crippen LogP contribution < -0.4 is 4.90 Å². The molecule has 3 fully saturated rings. The molecular weight excluding hydrogens is 599 g/mol. The second kappa shape index (κ2) is 11.3. The molecular formula is C37H41F5N2O2. The Bertz CT molecular complexity index is 1540. The molecule has 2 aromatic rings. The molecule has 1 heterocycles. The summed E-state index contributed by atoms with van der Waals surface area (Å²) >= 11 is 0. The molecule has 2 aromatic carbocycles. The number of nitrogens with zero attached hydrogens (tertiary/aromatic N) is 2. The lowest BCUT2D eigenvalue weighted by atomic mass is 9.50. The van der Waals surface area contributed by atoms with Gasteiger partial charge in [-0.2, -0.15) is 22.0 Å². The van der Waals surface area contributed by atoms with Crippen LogP contribution in [0.5, 0.6) is 0 Å². The molecule has 46 heavy (non-hydrogen) atoms. The highest BCUT2D eigenvalue weighted by Crippen LogP contribution is 2.70. The van der Waals surface area contributed by atoms with Crippen molar-refractivity contribution in [2.24, 2.45) is 17.3 Å². The van der Waals surface area contributed by atoms with Gasteiger partial charge in [-0.1, -0.05) is 55.0 Å². The molecule has 0 radical (unpaired) electrons. The molecule has 1 aliphatic heterocycles. The van der Waals surface area contributed by atoms with Gasteiger partial charge in [0.05, 0.1) is 0 Å². The van der Waals surface area contributed by atoms with Gasteiger partial charge in [0.2, 0.25) is 0 Å². The van der Waals surface area contributed by atoms with Gasteiger partial charge in [-0.25, -0.2) is 0 Å². The smallest absolute Gasteiger partial charge is 0.383 e.